The topological polar surface area (TPSA) is 74.7 Å². The summed E-state index contributed by atoms with van der Waals surface area (Å²) in [7, 11) is -2.90. The van der Waals surface area contributed by atoms with E-state index in [4.69, 9.17) is 0 Å². The lowest BCUT2D eigenvalue weighted by Crippen LogP contribution is -2.63. The standard InChI is InChI=1S/C11H19NO4S/c1-2-11(14)7-12(8-11)10(13)5-9-3-4-17(15,16)6-9/h9,14H,2-8H2,1H3. The van der Waals surface area contributed by atoms with Crippen molar-refractivity contribution < 1.29 is 18.3 Å². The van der Waals surface area contributed by atoms with Gasteiger partial charge in [0.1, 0.15) is 0 Å². The van der Waals surface area contributed by atoms with Gasteiger partial charge in [0.25, 0.3) is 0 Å². The highest BCUT2D eigenvalue weighted by atomic mass is 32.2. The molecular weight excluding hydrogens is 242 g/mol. The van der Waals surface area contributed by atoms with E-state index in [-0.39, 0.29) is 23.3 Å². The number of carbonyl (C=O) groups excluding carboxylic acids is 1. The predicted molar refractivity (Wildman–Crippen MR) is 63.2 cm³/mol. The lowest BCUT2D eigenvalue weighted by atomic mass is 9.90. The van der Waals surface area contributed by atoms with Crippen LogP contribution in [0.5, 0.6) is 0 Å². The van der Waals surface area contributed by atoms with Crippen LogP contribution in [-0.4, -0.2) is 54.5 Å². The second-order valence-electron chi connectivity index (χ2n) is 5.30. The fourth-order valence-electron chi connectivity index (χ4n) is 2.47. The third-order valence-electron chi connectivity index (χ3n) is 3.77. The van der Waals surface area contributed by atoms with Crippen molar-refractivity contribution in [3.05, 3.63) is 0 Å². The van der Waals surface area contributed by atoms with Crippen LogP contribution in [0.2, 0.25) is 0 Å². The number of hydrogen-bond donors (Lipinski definition) is 1. The highest BCUT2D eigenvalue weighted by Crippen LogP contribution is 2.28. The molecule has 0 aromatic heterocycles. The van der Waals surface area contributed by atoms with E-state index in [2.05, 4.69) is 0 Å². The average Bonchev–Trinajstić information content (AvgIpc) is 2.53. The SMILES string of the molecule is CCC1(O)CN(C(=O)CC2CCS(=O)(=O)C2)C1. The van der Waals surface area contributed by atoms with Gasteiger partial charge in [0.05, 0.1) is 30.2 Å². The Balaban J connectivity index is 1.80. The summed E-state index contributed by atoms with van der Waals surface area (Å²) in [4.78, 5) is 13.4. The summed E-state index contributed by atoms with van der Waals surface area (Å²) >= 11 is 0. The van der Waals surface area contributed by atoms with Crippen LogP contribution in [-0.2, 0) is 14.6 Å². The first kappa shape index (κ1) is 12.8. The summed E-state index contributed by atoms with van der Waals surface area (Å²) in [6, 6.07) is 0. The molecule has 98 valence electrons. The molecule has 0 aromatic carbocycles. The second kappa shape index (κ2) is 4.24. The molecule has 2 heterocycles. The van der Waals surface area contributed by atoms with Gasteiger partial charge in [0, 0.05) is 6.42 Å². The molecular formula is C11H19NO4S. The fourth-order valence-corrected chi connectivity index (χ4v) is 4.34. The first-order valence-electron chi connectivity index (χ1n) is 6.04. The van der Waals surface area contributed by atoms with Crippen molar-refractivity contribution in [2.45, 2.75) is 31.8 Å². The Morgan fingerprint density at radius 1 is 1.47 bits per heavy atom. The largest absolute Gasteiger partial charge is 0.386 e. The van der Waals surface area contributed by atoms with Crippen molar-refractivity contribution in [3.63, 3.8) is 0 Å². The van der Waals surface area contributed by atoms with Gasteiger partial charge in [-0.05, 0) is 18.8 Å². The first-order chi connectivity index (χ1) is 7.84. The third kappa shape index (κ3) is 2.80. The molecule has 1 unspecified atom stereocenters. The van der Waals surface area contributed by atoms with E-state index in [9.17, 15) is 18.3 Å². The highest BCUT2D eigenvalue weighted by molar-refractivity contribution is 7.91. The van der Waals surface area contributed by atoms with Crippen molar-refractivity contribution in [1.29, 1.82) is 0 Å². The number of likely N-dealkylation sites (tertiary alicyclic amines) is 1. The van der Waals surface area contributed by atoms with Crippen LogP contribution < -0.4 is 0 Å². The lowest BCUT2D eigenvalue weighted by Gasteiger charge is -2.46. The first-order valence-corrected chi connectivity index (χ1v) is 7.86. The smallest absolute Gasteiger partial charge is 0.223 e. The van der Waals surface area contributed by atoms with E-state index in [0.29, 0.717) is 32.4 Å². The molecule has 2 saturated heterocycles. The van der Waals surface area contributed by atoms with Crippen LogP contribution in [0.25, 0.3) is 0 Å². The maximum absolute atomic E-state index is 11.8. The van der Waals surface area contributed by atoms with Gasteiger partial charge >= 0.3 is 0 Å². The number of amides is 1. The van der Waals surface area contributed by atoms with Crippen molar-refractivity contribution in [2.75, 3.05) is 24.6 Å². The summed E-state index contributed by atoms with van der Waals surface area (Å²) in [6.45, 7) is 2.68. The maximum atomic E-state index is 11.8. The van der Waals surface area contributed by atoms with Crippen LogP contribution in [0.1, 0.15) is 26.2 Å². The molecule has 0 bridgehead atoms. The van der Waals surface area contributed by atoms with Crippen molar-refractivity contribution in [2.24, 2.45) is 5.92 Å². The van der Waals surface area contributed by atoms with E-state index < -0.39 is 15.4 Å². The number of aliphatic hydroxyl groups is 1. The summed E-state index contributed by atoms with van der Waals surface area (Å²) < 4.78 is 22.5. The molecule has 0 radical (unpaired) electrons. The molecule has 17 heavy (non-hydrogen) atoms. The van der Waals surface area contributed by atoms with Crippen LogP contribution in [0, 0.1) is 5.92 Å². The number of rotatable bonds is 3. The maximum Gasteiger partial charge on any atom is 0.223 e. The Bertz CT molecular complexity index is 411. The average molecular weight is 261 g/mol. The molecule has 2 aliphatic heterocycles. The monoisotopic (exact) mass is 261 g/mol. The van der Waals surface area contributed by atoms with Gasteiger partial charge in [-0.1, -0.05) is 6.92 Å². The lowest BCUT2D eigenvalue weighted by molar-refractivity contribution is -0.156. The van der Waals surface area contributed by atoms with E-state index in [1.807, 2.05) is 6.92 Å². The van der Waals surface area contributed by atoms with Crippen LogP contribution in [0.4, 0.5) is 0 Å². The number of sulfone groups is 1. The number of β-amino-alcohol motifs (C(OH)–C–C–N with tert-alkyl or cyclic N) is 1. The van der Waals surface area contributed by atoms with Gasteiger partial charge in [-0.15, -0.1) is 0 Å². The Morgan fingerprint density at radius 3 is 2.59 bits per heavy atom. The molecule has 0 spiro atoms. The molecule has 2 fully saturated rings. The van der Waals surface area contributed by atoms with E-state index in [0.717, 1.165) is 0 Å². The molecule has 2 aliphatic rings. The molecule has 1 N–H and O–H groups in total. The summed E-state index contributed by atoms with van der Waals surface area (Å²) in [5.41, 5.74) is -0.711. The van der Waals surface area contributed by atoms with E-state index in [1.165, 1.54) is 0 Å². The predicted octanol–water partition coefficient (Wildman–Crippen LogP) is -0.205. The zero-order chi connectivity index (χ0) is 12.7. The Kier molecular flexibility index (Phi) is 3.20. The molecule has 1 amide bonds. The molecule has 0 aliphatic carbocycles. The normalized spacial score (nSPS) is 30.0. The van der Waals surface area contributed by atoms with Gasteiger partial charge in [0.2, 0.25) is 5.91 Å². The van der Waals surface area contributed by atoms with Crippen molar-refractivity contribution >= 4 is 15.7 Å². The molecule has 5 nitrogen and oxygen atoms in total. The van der Waals surface area contributed by atoms with Crippen LogP contribution >= 0.6 is 0 Å². The summed E-state index contributed by atoms with van der Waals surface area (Å²) in [5, 5.41) is 9.79. The zero-order valence-corrected chi connectivity index (χ0v) is 10.9. The molecule has 0 aromatic rings. The Labute approximate surface area is 102 Å². The fraction of sp³-hybridized carbons (Fsp3) is 0.909. The second-order valence-corrected chi connectivity index (χ2v) is 7.53. The van der Waals surface area contributed by atoms with E-state index >= 15 is 0 Å². The van der Waals surface area contributed by atoms with Crippen LogP contribution in [0.3, 0.4) is 0 Å². The molecule has 0 saturated carbocycles. The van der Waals surface area contributed by atoms with Gasteiger partial charge in [-0.3, -0.25) is 4.79 Å². The third-order valence-corrected chi connectivity index (χ3v) is 5.61. The number of carbonyl (C=O) groups is 1. The molecule has 6 heteroatoms. The minimum absolute atomic E-state index is 0.0229. The highest BCUT2D eigenvalue weighted by Gasteiger charge is 2.42. The Hall–Kier alpha value is -0.620. The minimum Gasteiger partial charge on any atom is -0.386 e. The van der Waals surface area contributed by atoms with Crippen LogP contribution in [0.15, 0.2) is 0 Å². The van der Waals surface area contributed by atoms with Gasteiger partial charge in [0.15, 0.2) is 9.84 Å². The van der Waals surface area contributed by atoms with Crippen molar-refractivity contribution in [1.82, 2.24) is 4.90 Å². The molecule has 2 rings (SSSR count). The Morgan fingerprint density at radius 2 is 2.12 bits per heavy atom. The number of nitrogens with zero attached hydrogens (tertiary/aromatic N) is 1. The zero-order valence-electron chi connectivity index (χ0n) is 10.1. The van der Waals surface area contributed by atoms with Gasteiger partial charge < -0.3 is 10.0 Å². The summed E-state index contributed by atoms with van der Waals surface area (Å²) in [5.74, 6) is 0.308. The quantitative estimate of drug-likeness (QED) is 0.763. The van der Waals surface area contributed by atoms with E-state index in [1.54, 1.807) is 4.90 Å². The summed E-state index contributed by atoms with van der Waals surface area (Å²) in [6.07, 6.45) is 1.55. The molecule has 1 atom stereocenters. The minimum atomic E-state index is -2.90. The van der Waals surface area contributed by atoms with Gasteiger partial charge in [-0.25, -0.2) is 8.42 Å². The van der Waals surface area contributed by atoms with Gasteiger partial charge in [-0.2, -0.15) is 0 Å². The van der Waals surface area contributed by atoms with Crippen molar-refractivity contribution in [3.8, 4) is 0 Å². The number of hydrogen-bond acceptors (Lipinski definition) is 4.